The minimum absolute atomic E-state index is 0. The molecule has 0 aliphatic heterocycles. The third-order valence-electron chi connectivity index (χ3n) is 3.74. The van der Waals surface area contributed by atoms with E-state index in [0.29, 0.717) is 12.0 Å². The second kappa shape index (κ2) is 7.60. The van der Waals surface area contributed by atoms with Crippen LogP contribution >= 0.6 is 12.4 Å². The van der Waals surface area contributed by atoms with E-state index >= 15 is 0 Å². The zero-order valence-electron chi connectivity index (χ0n) is 11.2. The molecule has 100 valence electrons. The molecule has 0 amide bonds. The van der Waals surface area contributed by atoms with Gasteiger partial charge in [-0.3, -0.25) is 0 Å². The molecule has 1 aliphatic carbocycles. The molecule has 0 saturated carbocycles. The largest absolute Gasteiger partial charge is 0.313 e. The van der Waals surface area contributed by atoms with Crippen LogP contribution in [-0.2, 0) is 6.42 Å². The summed E-state index contributed by atoms with van der Waals surface area (Å²) in [5, 5.41) is 3.70. The summed E-state index contributed by atoms with van der Waals surface area (Å²) in [5.74, 6) is 0.615. The SMILES string of the molecule is C=CCC1c2ccccc2CCC1NCCC.Cl. The van der Waals surface area contributed by atoms with Gasteiger partial charge in [-0.05, 0) is 43.4 Å². The van der Waals surface area contributed by atoms with Crippen LogP contribution in [0, 0.1) is 0 Å². The lowest BCUT2D eigenvalue weighted by molar-refractivity contribution is 0.388. The van der Waals surface area contributed by atoms with Gasteiger partial charge in [-0.2, -0.15) is 0 Å². The number of aryl methyl sites for hydroxylation is 1. The molecule has 0 aromatic heterocycles. The van der Waals surface area contributed by atoms with Crippen molar-refractivity contribution in [1.29, 1.82) is 0 Å². The molecule has 2 heteroatoms. The maximum Gasteiger partial charge on any atom is 0.0142 e. The fourth-order valence-corrected chi connectivity index (χ4v) is 2.90. The zero-order chi connectivity index (χ0) is 12.1. The van der Waals surface area contributed by atoms with Gasteiger partial charge in [0.2, 0.25) is 0 Å². The van der Waals surface area contributed by atoms with Crippen molar-refractivity contribution in [2.45, 2.75) is 44.6 Å². The van der Waals surface area contributed by atoms with Gasteiger partial charge in [0.15, 0.2) is 0 Å². The van der Waals surface area contributed by atoms with Gasteiger partial charge in [-0.15, -0.1) is 19.0 Å². The monoisotopic (exact) mass is 265 g/mol. The number of halogens is 1. The van der Waals surface area contributed by atoms with Gasteiger partial charge < -0.3 is 5.32 Å². The molecule has 1 nitrogen and oxygen atoms in total. The molecule has 18 heavy (non-hydrogen) atoms. The molecule has 1 aliphatic rings. The van der Waals surface area contributed by atoms with E-state index in [2.05, 4.69) is 49.2 Å². The molecule has 0 bridgehead atoms. The Morgan fingerprint density at radius 2 is 2.17 bits per heavy atom. The molecular weight excluding hydrogens is 242 g/mol. The van der Waals surface area contributed by atoms with E-state index in [4.69, 9.17) is 0 Å². The predicted molar refractivity (Wildman–Crippen MR) is 81.6 cm³/mol. The summed E-state index contributed by atoms with van der Waals surface area (Å²) in [6, 6.07) is 9.52. The number of fused-ring (bicyclic) bond motifs is 1. The lowest BCUT2D eigenvalue weighted by atomic mass is 9.77. The zero-order valence-corrected chi connectivity index (χ0v) is 12.0. The Morgan fingerprint density at radius 3 is 2.89 bits per heavy atom. The van der Waals surface area contributed by atoms with Crippen molar-refractivity contribution in [2.75, 3.05) is 6.54 Å². The molecule has 2 rings (SSSR count). The van der Waals surface area contributed by atoms with Crippen LogP contribution < -0.4 is 5.32 Å². The van der Waals surface area contributed by atoms with Crippen LogP contribution in [0.3, 0.4) is 0 Å². The molecule has 2 unspecified atom stereocenters. The van der Waals surface area contributed by atoms with Gasteiger partial charge >= 0.3 is 0 Å². The van der Waals surface area contributed by atoms with Crippen LogP contribution in [0.5, 0.6) is 0 Å². The topological polar surface area (TPSA) is 12.0 Å². The Bertz CT molecular complexity index is 375. The van der Waals surface area contributed by atoms with Crippen molar-refractivity contribution >= 4 is 12.4 Å². The molecule has 1 aromatic rings. The molecule has 2 atom stereocenters. The summed E-state index contributed by atoms with van der Waals surface area (Å²) in [4.78, 5) is 0. The summed E-state index contributed by atoms with van der Waals surface area (Å²) in [6.45, 7) is 7.27. The first kappa shape index (κ1) is 15.3. The summed E-state index contributed by atoms with van der Waals surface area (Å²) in [6.07, 6.45) is 6.82. The first-order chi connectivity index (χ1) is 8.36. The molecule has 0 heterocycles. The van der Waals surface area contributed by atoms with Gasteiger partial charge in [0.25, 0.3) is 0 Å². The molecular formula is C16H24ClN. The summed E-state index contributed by atoms with van der Waals surface area (Å²) >= 11 is 0. The predicted octanol–water partition coefficient (Wildman–Crippen LogP) is 4.08. The Hall–Kier alpha value is -0.790. The van der Waals surface area contributed by atoms with Gasteiger partial charge in [-0.1, -0.05) is 37.3 Å². The summed E-state index contributed by atoms with van der Waals surface area (Å²) < 4.78 is 0. The number of rotatable bonds is 5. The fraction of sp³-hybridized carbons (Fsp3) is 0.500. The quantitative estimate of drug-likeness (QED) is 0.791. The van der Waals surface area contributed by atoms with E-state index in [-0.39, 0.29) is 12.4 Å². The number of benzene rings is 1. The molecule has 1 N–H and O–H groups in total. The smallest absolute Gasteiger partial charge is 0.0142 e. The van der Waals surface area contributed by atoms with E-state index in [0.717, 1.165) is 13.0 Å². The van der Waals surface area contributed by atoms with Gasteiger partial charge in [0.1, 0.15) is 0 Å². The first-order valence-corrected chi connectivity index (χ1v) is 6.79. The highest BCUT2D eigenvalue weighted by Crippen LogP contribution is 2.34. The maximum atomic E-state index is 3.91. The van der Waals surface area contributed by atoms with Crippen molar-refractivity contribution in [2.24, 2.45) is 0 Å². The van der Waals surface area contributed by atoms with E-state index in [1.165, 1.54) is 30.4 Å². The average molecular weight is 266 g/mol. The summed E-state index contributed by atoms with van der Waals surface area (Å²) in [5.41, 5.74) is 3.07. The fourth-order valence-electron chi connectivity index (χ4n) is 2.90. The van der Waals surface area contributed by atoms with E-state index in [9.17, 15) is 0 Å². The molecule has 0 radical (unpaired) electrons. The van der Waals surface area contributed by atoms with Crippen molar-refractivity contribution in [1.82, 2.24) is 5.32 Å². The normalized spacial score (nSPS) is 21.8. The highest BCUT2D eigenvalue weighted by molar-refractivity contribution is 5.85. The van der Waals surface area contributed by atoms with Gasteiger partial charge in [0.05, 0.1) is 0 Å². The van der Waals surface area contributed by atoms with E-state index in [1.54, 1.807) is 0 Å². The average Bonchev–Trinajstić information content (AvgIpc) is 2.38. The molecule has 0 saturated heterocycles. The van der Waals surface area contributed by atoms with Crippen LogP contribution in [0.2, 0.25) is 0 Å². The lowest BCUT2D eigenvalue weighted by Crippen LogP contribution is -2.38. The lowest BCUT2D eigenvalue weighted by Gasteiger charge is -2.34. The van der Waals surface area contributed by atoms with Crippen molar-refractivity contribution in [3.63, 3.8) is 0 Å². The van der Waals surface area contributed by atoms with Crippen LogP contribution in [0.1, 0.15) is 43.2 Å². The minimum Gasteiger partial charge on any atom is -0.313 e. The number of hydrogen-bond acceptors (Lipinski definition) is 1. The molecule has 0 fully saturated rings. The van der Waals surface area contributed by atoms with Crippen LogP contribution in [0.4, 0.5) is 0 Å². The number of nitrogens with one attached hydrogen (secondary N) is 1. The van der Waals surface area contributed by atoms with Gasteiger partial charge in [0, 0.05) is 12.0 Å². The second-order valence-corrected chi connectivity index (χ2v) is 4.93. The Kier molecular flexibility index (Phi) is 6.45. The summed E-state index contributed by atoms with van der Waals surface area (Å²) in [7, 11) is 0. The standard InChI is InChI=1S/C16H23N.ClH/c1-3-7-15-14-9-6-5-8-13(14)10-11-16(15)17-12-4-2;/h3,5-6,8-9,15-17H,1,4,7,10-12H2,2H3;1H. The van der Waals surface area contributed by atoms with Crippen LogP contribution in [0.15, 0.2) is 36.9 Å². The number of allylic oxidation sites excluding steroid dienone is 1. The Morgan fingerprint density at radius 1 is 1.39 bits per heavy atom. The third kappa shape index (κ3) is 3.37. The highest BCUT2D eigenvalue weighted by Gasteiger charge is 2.27. The first-order valence-electron chi connectivity index (χ1n) is 6.79. The highest BCUT2D eigenvalue weighted by atomic mass is 35.5. The van der Waals surface area contributed by atoms with Crippen molar-refractivity contribution < 1.29 is 0 Å². The third-order valence-corrected chi connectivity index (χ3v) is 3.74. The van der Waals surface area contributed by atoms with Crippen LogP contribution in [0.25, 0.3) is 0 Å². The number of hydrogen-bond donors (Lipinski definition) is 1. The van der Waals surface area contributed by atoms with Crippen molar-refractivity contribution in [3.8, 4) is 0 Å². The Balaban J connectivity index is 0.00000162. The van der Waals surface area contributed by atoms with Crippen LogP contribution in [-0.4, -0.2) is 12.6 Å². The van der Waals surface area contributed by atoms with Gasteiger partial charge in [-0.25, -0.2) is 0 Å². The van der Waals surface area contributed by atoms with E-state index in [1.807, 2.05) is 0 Å². The minimum atomic E-state index is 0. The van der Waals surface area contributed by atoms with E-state index < -0.39 is 0 Å². The Labute approximate surface area is 117 Å². The molecule has 1 aromatic carbocycles. The second-order valence-electron chi connectivity index (χ2n) is 4.93. The van der Waals surface area contributed by atoms with Crippen molar-refractivity contribution in [3.05, 3.63) is 48.0 Å². The maximum absolute atomic E-state index is 3.91. The molecule has 0 spiro atoms.